The fourth-order valence-electron chi connectivity index (χ4n) is 3.45. The van der Waals surface area contributed by atoms with Gasteiger partial charge in [0.15, 0.2) is 0 Å². The summed E-state index contributed by atoms with van der Waals surface area (Å²) in [7, 11) is 0. The van der Waals surface area contributed by atoms with E-state index in [0.29, 0.717) is 0 Å². The predicted octanol–water partition coefficient (Wildman–Crippen LogP) is 3.78. The Hall–Kier alpha value is -0.340. The molecular formula is C14H18BrN. The quantitative estimate of drug-likeness (QED) is 0.756. The fraction of sp³-hybridized carbons (Fsp3) is 0.571. The van der Waals surface area contributed by atoms with Crippen LogP contribution < -0.4 is 0 Å². The average Bonchev–Trinajstić information content (AvgIpc) is 2.30. The van der Waals surface area contributed by atoms with Crippen LogP contribution in [-0.4, -0.2) is 18.0 Å². The zero-order valence-electron chi connectivity index (χ0n) is 9.75. The molecule has 1 atom stereocenters. The Balaban J connectivity index is 1.99. The van der Waals surface area contributed by atoms with E-state index in [9.17, 15) is 0 Å². The van der Waals surface area contributed by atoms with Crippen LogP contribution in [0.2, 0.25) is 0 Å². The number of fused-ring (bicyclic) bond motifs is 3. The van der Waals surface area contributed by atoms with E-state index in [0.717, 1.165) is 5.92 Å². The van der Waals surface area contributed by atoms with Crippen molar-refractivity contribution in [2.75, 3.05) is 13.1 Å². The molecule has 0 aromatic heterocycles. The second kappa shape index (κ2) is 3.85. The summed E-state index contributed by atoms with van der Waals surface area (Å²) in [6, 6.07) is 8.85. The molecule has 1 aromatic rings. The van der Waals surface area contributed by atoms with Crippen LogP contribution in [0.3, 0.4) is 0 Å². The van der Waals surface area contributed by atoms with Crippen LogP contribution in [0.4, 0.5) is 0 Å². The Morgan fingerprint density at radius 1 is 1.31 bits per heavy atom. The summed E-state index contributed by atoms with van der Waals surface area (Å²) >= 11 is 3.59. The molecule has 3 fully saturated rings. The maximum absolute atomic E-state index is 3.59. The molecule has 0 spiro atoms. The Labute approximate surface area is 106 Å². The molecule has 1 unspecified atom stereocenters. The zero-order valence-corrected chi connectivity index (χ0v) is 11.3. The molecule has 3 heterocycles. The minimum atomic E-state index is 0.283. The third kappa shape index (κ3) is 1.63. The first-order valence-corrected chi connectivity index (χ1v) is 6.99. The van der Waals surface area contributed by atoms with Gasteiger partial charge in [-0.15, -0.1) is 0 Å². The Morgan fingerprint density at radius 2 is 2.06 bits per heavy atom. The fourth-order valence-corrected chi connectivity index (χ4v) is 3.84. The van der Waals surface area contributed by atoms with Crippen molar-refractivity contribution >= 4 is 15.9 Å². The highest BCUT2D eigenvalue weighted by atomic mass is 79.9. The van der Waals surface area contributed by atoms with E-state index in [1.807, 2.05) is 0 Å². The lowest BCUT2D eigenvalue weighted by Crippen LogP contribution is -2.54. The predicted molar refractivity (Wildman–Crippen MR) is 70.4 cm³/mol. The van der Waals surface area contributed by atoms with Crippen molar-refractivity contribution in [2.24, 2.45) is 5.92 Å². The van der Waals surface area contributed by atoms with Crippen molar-refractivity contribution in [2.45, 2.75) is 31.7 Å². The van der Waals surface area contributed by atoms with Gasteiger partial charge in [0.1, 0.15) is 0 Å². The van der Waals surface area contributed by atoms with Crippen molar-refractivity contribution in [3.8, 4) is 0 Å². The van der Waals surface area contributed by atoms with E-state index < -0.39 is 0 Å². The van der Waals surface area contributed by atoms with Gasteiger partial charge in [-0.1, -0.05) is 28.1 Å². The van der Waals surface area contributed by atoms with Crippen molar-refractivity contribution in [3.05, 3.63) is 34.3 Å². The topological polar surface area (TPSA) is 3.24 Å². The largest absolute Gasteiger partial charge is 0.294 e. The van der Waals surface area contributed by atoms with Gasteiger partial charge in [-0.05, 0) is 62.9 Å². The maximum atomic E-state index is 3.59. The van der Waals surface area contributed by atoms with Crippen molar-refractivity contribution in [3.63, 3.8) is 0 Å². The molecule has 0 saturated carbocycles. The highest BCUT2D eigenvalue weighted by Gasteiger charge is 2.43. The lowest BCUT2D eigenvalue weighted by Gasteiger charge is -2.53. The number of halogens is 1. The van der Waals surface area contributed by atoms with Crippen molar-refractivity contribution in [1.82, 2.24) is 4.90 Å². The first-order chi connectivity index (χ1) is 7.68. The number of nitrogens with zero attached hydrogens (tertiary/aromatic N) is 1. The van der Waals surface area contributed by atoms with Crippen LogP contribution >= 0.6 is 15.9 Å². The third-order valence-electron chi connectivity index (χ3n) is 4.45. The normalized spacial score (nSPS) is 37.6. The minimum Gasteiger partial charge on any atom is -0.294 e. The monoisotopic (exact) mass is 279 g/mol. The molecule has 1 nitrogen and oxygen atoms in total. The summed E-state index contributed by atoms with van der Waals surface area (Å²) in [6.45, 7) is 4.99. The Morgan fingerprint density at radius 3 is 2.62 bits per heavy atom. The molecule has 3 aliphatic heterocycles. The smallest absolute Gasteiger partial charge is 0.0435 e. The van der Waals surface area contributed by atoms with Crippen LogP contribution in [0.25, 0.3) is 0 Å². The van der Waals surface area contributed by atoms with E-state index in [1.54, 1.807) is 0 Å². The van der Waals surface area contributed by atoms with Gasteiger partial charge in [0.05, 0.1) is 0 Å². The number of piperidine rings is 3. The lowest BCUT2D eigenvalue weighted by atomic mass is 9.72. The standard InChI is InChI=1S/C14H18BrN/c1-14(12-3-2-4-13(15)9-12)10-11-5-7-16(14)8-6-11/h2-4,9,11H,5-8,10H2,1H3. The van der Waals surface area contributed by atoms with Crippen LogP contribution in [0.1, 0.15) is 31.7 Å². The van der Waals surface area contributed by atoms with Gasteiger partial charge in [0.2, 0.25) is 0 Å². The van der Waals surface area contributed by atoms with Gasteiger partial charge in [-0.25, -0.2) is 0 Å². The van der Waals surface area contributed by atoms with Crippen molar-refractivity contribution < 1.29 is 0 Å². The molecule has 2 bridgehead atoms. The second-order valence-corrected chi connectivity index (χ2v) is 6.33. The van der Waals surface area contributed by atoms with E-state index in [-0.39, 0.29) is 5.54 Å². The summed E-state index contributed by atoms with van der Waals surface area (Å²) in [6.07, 6.45) is 4.15. The van der Waals surface area contributed by atoms with Crippen LogP contribution in [0, 0.1) is 5.92 Å². The molecule has 0 aliphatic carbocycles. The summed E-state index contributed by atoms with van der Waals surface area (Å²) < 4.78 is 1.20. The minimum absolute atomic E-state index is 0.283. The second-order valence-electron chi connectivity index (χ2n) is 5.42. The highest BCUT2D eigenvalue weighted by Crippen LogP contribution is 2.45. The number of benzene rings is 1. The first kappa shape index (κ1) is 10.8. The first-order valence-electron chi connectivity index (χ1n) is 6.19. The van der Waals surface area contributed by atoms with Gasteiger partial charge in [0.25, 0.3) is 0 Å². The SMILES string of the molecule is CC1(c2cccc(Br)c2)CC2CCN1CC2. The summed E-state index contributed by atoms with van der Waals surface area (Å²) in [5.74, 6) is 0.953. The summed E-state index contributed by atoms with van der Waals surface area (Å²) in [5.41, 5.74) is 1.76. The average molecular weight is 280 g/mol. The van der Waals surface area contributed by atoms with Crippen molar-refractivity contribution in [1.29, 1.82) is 0 Å². The summed E-state index contributed by atoms with van der Waals surface area (Å²) in [4.78, 5) is 2.68. The van der Waals surface area contributed by atoms with Gasteiger partial charge >= 0.3 is 0 Å². The van der Waals surface area contributed by atoms with Gasteiger partial charge in [-0.3, -0.25) is 4.90 Å². The molecule has 2 heteroatoms. The van der Waals surface area contributed by atoms with E-state index >= 15 is 0 Å². The maximum Gasteiger partial charge on any atom is 0.0435 e. The van der Waals surface area contributed by atoms with Gasteiger partial charge in [-0.2, -0.15) is 0 Å². The van der Waals surface area contributed by atoms with E-state index in [4.69, 9.17) is 0 Å². The molecular weight excluding hydrogens is 262 g/mol. The van der Waals surface area contributed by atoms with E-state index in [1.165, 1.54) is 42.4 Å². The number of rotatable bonds is 1. The Bertz CT molecular complexity index is 395. The molecule has 0 radical (unpaired) electrons. The molecule has 3 saturated heterocycles. The molecule has 3 aliphatic rings. The molecule has 86 valence electrons. The molecule has 1 aromatic carbocycles. The summed E-state index contributed by atoms with van der Waals surface area (Å²) in [5, 5.41) is 0. The number of hydrogen-bond acceptors (Lipinski definition) is 1. The molecule has 4 rings (SSSR count). The zero-order chi connectivity index (χ0) is 11.2. The Kier molecular flexibility index (Phi) is 2.60. The van der Waals surface area contributed by atoms with Crippen LogP contribution in [-0.2, 0) is 5.54 Å². The van der Waals surface area contributed by atoms with Gasteiger partial charge < -0.3 is 0 Å². The third-order valence-corrected chi connectivity index (χ3v) is 4.94. The lowest BCUT2D eigenvalue weighted by molar-refractivity contribution is -0.0214. The van der Waals surface area contributed by atoms with Gasteiger partial charge in [0, 0.05) is 10.0 Å². The molecule has 0 amide bonds. The molecule has 0 N–H and O–H groups in total. The van der Waals surface area contributed by atoms with Crippen LogP contribution in [0.5, 0.6) is 0 Å². The number of hydrogen-bond donors (Lipinski definition) is 0. The van der Waals surface area contributed by atoms with Crippen LogP contribution in [0.15, 0.2) is 28.7 Å². The van der Waals surface area contributed by atoms with E-state index in [2.05, 4.69) is 52.0 Å². The highest BCUT2D eigenvalue weighted by molar-refractivity contribution is 9.10. The molecule has 16 heavy (non-hydrogen) atoms.